The Labute approximate surface area is 152 Å². The minimum atomic E-state index is -4.12. The molecule has 126 valence electrons. The van der Waals surface area contributed by atoms with Crippen LogP contribution in [0.15, 0.2) is 23.4 Å². The molecule has 0 aliphatic heterocycles. The molecule has 0 aliphatic rings. The second-order valence-corrected chi connectivity index (χ2v) is 7.56. The predicted octanol–water partition coefficient (Wildman–Crippen LogP) is 2.61. The smallest absolute Gasteiger partial charge is 0.299 e. The number of sulfonamides is 1. The largest absolute Gasteiger partial charge is 0.308 e. The Hall–Kier alpha value is -1.75. The van der Waals surface area contributed by atoms with Gasteiger partial charge in [-0.05, 0) is 31.3 Å². The van der Waals surface area contributed by atoms with Crippen LogP contribution < -0.4 is 4.72 Å². The van der Waals surface area contributed by atoms with E-state index in [2.05, 4.69) is 19.8 Å². The lowest BCUT2D eigenvalue weighted by atomic mass is 10.3. The fourth-order valence-electron chi connectivity index (χ4n) is 1.88. The molecule has 8 nitrogen and oxygen atoms in total. The second kappa shape index (κ2) is 5.96. The molecule has 0 bridgehead atoms. The molecule has 1 N–H and O–H groups in total. The molecule has 1 aromatic carbocycles. The Kier molecular flexibility index (Phi) is 4.24. The molecule has 2 aromatic heterocycles. The van der Waals surface area contributed by atoms with Crippen molar-refractivity contribution >= 4 is 56.9 Å². The summed E-state index contributed by atoms with van der Waals surface area (Å²) in [5, 5.41) is 3.74. The summed E-state index contributed by atoms with van der Waals surface area (Å²) in [5.41, 5.74) is 0.0491. The van der Waals surface area contributed by atoms with Crippen LogP contribution in [-0.2, 0) is 17.1 Å². The topological polar surface area (TPSA) is 94.2 Å². The van der Waals surface area contributed by atoms with Crippen LogP contribution in [0, 0.1) is 11.7 Å². The maximum Gasteiger partial charge on any atom is 0.299 e. The molecular weight excluding hydrogens is 395 g/mol. The van der Waals surface area contributed by atoms with Gasteiger partial charge in [-0.3, -0.25) is 4.72 Å². The van der Waals surface area contributed by atoms with Crippen molar-refractivity contribution < 1.29 is 8.42 Å². The van der Waals surface area contributed by atoms with E-state index < -0.39 is 15.2 Å². The Morgan fingerprint density at radius 2 is 1.83 bits per heavy atom. The van der Waals surface area contributed by atoms with Crippen molar-refractivity contribution in [3.8, 4) is 0 Å². The summed E-state index contributed by atoms with van der Waals surface area (Å²) in [6.45, 7) is 1.72. The summed E-state index contributed by atoms with van der Waals surface area (Å²) < 4.78 is 30.4. The van der Waals surface area contributed by atoms with E-state index in [9.17, 15) is 8.42 Å². The number of benzene rings is 1. The highest BCUT2D eigenvalue weighted by Crippen LogP contribution is 2.31. The lowest BCUT2D eigenvalue weighted by Gasteiger charge is -2.08. The molecular formula is C12H10Cl2N6O2S2. The SMILES string of the molecule is Cc1nc2nc(S(=O)(=O)Nc3c(Cl)cccc3Cl)nn2c(=S)n1C. The normalized spacial score (nSPS) is 11.8. The summed E-state index contributed by atoms with van der Waals surface area (Å²) in [4.78, 5) is 8.08. The monoisotopic (exact) mass is 404 g/mol. The third-order valence-electron chi connectivity index (χ3n) is 3.23. The predicted molar refractivity (Wildman–Crippen MR) is 92.6 cm³/mol. The third kappa shape index (κ3) is 2.86. The first-order valence-electron chi connectivity index (χ1n) is 6.48. The molecule has 0 saturated carbocycles. The summed E-state index contributed by atoms with van der Waals surface area (Å²) in [5.74, 6) is 0.659. The van der Waals surface area contributed by atoms with E-state index in [1.54, 1.807) is 24.6 Å². The third-order valence-corrected chi connectivity index (χ3v) is 5.43. The summed E-state index contributed by atoms with van der Waals surface area (Å²) >= 11 is 17.2. The number of nitrogens with zero attached hydrogens (tertiary/aromatic N) is 5. The molecule has 0 amide bonds. The highest BCUT2D eigenvalue weighted by Gasteiger charge is 2.24. The van der Waals surface area contributed by atoms with Gasteiger partial charge in [-0.15, -0.1) is 5.10 Å². The number of fused-ring (bicyclic) bond motifs is 1. The second-order valence-electron chi connectivity index (χ2n) is 4.81. The molecule has 0 radical (unpaired) electrons. The lowest BCUT2D eigenvalue weighted by molar-refractivity contribution is 0.591. The van der Waals surface area contributed by atoms with Crippen LogP contribution in [0.3, 0.4) is 0 Å². The number of halogens is 2. The number of nitrogens with one attached hydrogen (secondary N) is 1. The van der Waals surface area contributed by atoms with Crippen molar-refractivity contribution in [3.05, 3.63) is 38.8 Å². The standard InChI is InChI=1S/C12H10Cl2N6O2S2/c1-6-15-10-16-11(17-20(10)12(23)19(6)2)24(21,22)18-9-7(13)4-3-5-8(9)14/h3-5,18H,1-2H3. The highest BCUT2D eigenvalue weighted by atomic mass is 35.5. The minimum Gasteiger partial charge on any atom is -0.308 e. The highest BCUT2D eigenvalue weighted by molar-refractivity contribution is 7.92. The average molecular weight is 405 g/mol. The van der Waals surface area contributed by atoms with Gasteiger partial charge in [0.15, 0.2) is 0 Å². The Morgan fingerprint density at radius 1 is 1.21 bits per heavy atom. The van der Waals surface area contributed by atoms with Crippen LogP contribution in [0.1, 0.15) is 5.82 Å². The van der Waals surface area contributed by atoms with Gasteiger partial charge in [-0.2, -0.15) is 22.9 Å². The summed E-state index contributed by atoms with van der Waals surface area (Å²) in [6.07, 6.45) is 0. The van der Waals surface area contributed by atoms with E-state index in [1.807, 2.05) is 0 Å². The number of aryl methyl sites for hydroxylation is 1. The van der Waals surface area contributed by atoms with E-state index in [1.165, 1.54) is 16.6 Å². The molecule has 2 heterocycles. The number of rotatable bonds is 3. The molecule has 0 atom stereocenters. The molecule has 0 aliphatic carbocycles. The van der Waals surface area contributed by atoms with Crippen LogP contribution in [0.4, 0.5) is 5.69 Å². The van der Waals surface area contributed by atoms with Gasteiger partial charge in [0, 0.05) is 7.05 Å². The number of anilines is 1. The number of para-hydroxylation sites is 1. The van der Waals surface area contributed by atoms with Crippen LogP contribution >= 0.6 is 35.4 Å². The molecule has 0 fully saturated rings. The zero-order valence-electron chi connectivity index (χ0n) is 12.4. The van der Waals surface area contributed by atoms with Gasteiger partial charge in [-0.25, -0.2) is 0 Å². The Balaban J connectivity index is 2.12. The Bertz CT molecular complexity index is 1100. The molecule has 0 spiro atoms. The van der Waals surface area contributed by atoms with E-state index in [0.29, 0.717) is 5.82 Å². The van der Waals surface area contributed by atoms with E-state index in [0.717, 1.165) is 0 Å². The first kappa shape index (κ1) is 17.1. The van der Waals surface area contributed by atoms with Gasteiger partial charge in [0.25, 0.3) is 21.0 Å². The van der Waals surface area contributed by atoms with Crippen molar-refractivity contribution in [2.75, 3.05) is 4.72 Å². The van der Waals surface area contributed by atoms with Crippen LogP contribution in [0.25, 0.3) is 5.78 Å². The molecule has 3 rings (SSSR count). The zero-order chi connectivity index (χ0) is 17.6. The average Bonchev–Trinajstić information content (AvgIpc) is 2.94. The quantitative estimate of drug-likeness (QED) is 0.674. The van der Waals surface area contributed by atoms with E-state index in [-0.39, 0.29) is 26.3 Å². The molecule has 12 heteroatoms. The zero-order valence-corrected chi connectivity index (χ0v) is 15.5. The lowest BCUT2D eigenvalue weighted by Crippen LogP contribution is -2.15. The molecule has 24 heavy (non-hydrogen) atoms. The first-order chi connectivity index (χ1) is 11.2. The van der Waals surface area contributed by atoms with Crippen LogP contribution in [-0.4, -0.2) is 32.6 Å². The fraction of sp³-hybridized carbons (Fsp3) is 0.167. The Morgan fingerprint density at radius 3 is 2.46 bits per heavy atom. The molecule has 0 saturated heterocycles. The van der Waals surface area contributed by atoms with Crippen molar-refractivity contribution in [2.24, 2.45) is 7.05 Å². The minimum absolute atomic E-state index is 0.0491. The van der Waals surface area contributed by atoms with Gasteiger partial charge in [0.05, 0.1) is 15.7 Å². The molecule has 0 unspecified atom stereocenters. The van der Waals surface area contributed by atoms with Crippen molar-refractivity contribution in [3.63, 3.8) is 0 Å². The maximum absolute atomic E-state index is 12.5. The first-order valence-corrected chi connectivity index (χ1v) is 9.12. The van der Waals surface area contributed by atoms with Crippen molar-refractivity contribution in [1.29, 1.82) is 0 Å². The number of aromatic nitrogens is 5. The van der Waals surface area contributed by atoms with Crippen molar-refractivity contribution in [1.82, 2.24) is 24.1 Å². The van der Waals surface area contributed by atoms with E-state index >= 15 is 0 Å². The summed E-state index contributed by atoms with van der Waals surface area (Å²) in [6, 6.07) is 4.62. The van der Waals surface area contributed by atoms with Gasteiger partial charge < -0.3 is 4.57 Å². The van der Waals surface area contributed by atoms with E-state index in [4.69, 9.17) is 35.4 Å². The van der Waals surface area contributed by atoms with Crippen molar-refractivity contribution in [2.45, 2.75) is 12.1 Å². The van der Waals surface area contributed by atoms with Gasteiger partial charge in [0.2, 0.25) is 4.77 Å². The molecule has 3 aromatic rings. The van der Waals surface area contributed by atoms with Gasteiger partial charge in [-0.1, -0.05) is 29.3 Å². The summed E-state index contributed by atoms with van der Waals surface area (Å²) in [7, 11) is -2.42. The van der Waals surface area contributed by atoms with Gasteiger partial charge >= 0.3 is 0 Å². The number of hydrogen-bond acceptors (Lipinski definition) is 6. The van der Waals surface area contributed by atoms with Crippen LogP contribution in [0.2, 0.25) is 10.0 Å². The van der Waals surface area contributed by atoms with Gasteiger partial charge in [0.1, 0.15) is 5.82 Å². The fourth-order valence-corrected chi connectivity index (χ4v) is 3.71. The maximum atomic E-state index is 12.5. The van der Waals surface area contributed by atoms with Crippen LogP contribution in [0.5, 0.6) is 0 Å². The number of hydrogen-bond donors (Lipinski definition) is 1.